The zero-order valence-electron chi connectivity index (χ0n) is 14.9. The highest BCUT2D eigenvalue weighted by Crippen LogP contribution is 2.21. The molecule has 0 aliphatic rings. The molecule has 1 N–H and O–H groups in total. The van der Waals surface area contributed by atoms with Crippen molar-refractivity contribution in [3.63, 3.8) is 0 Å². The molecule has 0 fully saturated rings. The number of rotatable bonds is 6. The Morgan fingerprint density at radius 3 is 2.32 bits per heavy atom. The molecule has 0 saturated heterocycles. The van der Waals surface area contributed by atoms with Crippen LogP contribution >= 0.6 is 0 Å². The monoisotopic (exact) mass is 342 g/mol. The fourth-order valence-electron chi connectivity index (χ4n) is 2.50. The Labute approximate surface area is 147 Å². The molecule has 1 aromatic heterocycles. The van der Waals surface area contributed by atoms with Gasteiger partial charge in [0.1, 0.15) is 6.54 Å². The molecule has 0 saturated carbocycles. The molecule has 0 atom stereocenters. The first kappa shape index (κ1) is 18.4. The van der Waals surface area contributed by atoms with Crippen molar-refractivity contribution in [1.82, 2.24) is 9.97 Å². The predicted molar refractivity (Wildman–Crippen MR) is 95.5 cm³/mol. The molecular weight excluding hydrogens is 320 g/mol. The summed E-state index contributed by atoms with van der Waals surface area (Å²) in [6.07, 6.45) is 3.17. The third kappa shape index (κ3) is 5.27. The number of hydrogen-bond acceptors (Lipinski definition) is 6. The van der Waals surface area contributed by atoms with Gasteiger partial charge in [-0.1, -0.05) is 17.7 Å². The van der Waals surface area contributed by atoms with Gasteiger partial charge in [-0.05, 0) is 38.0 Å². The van der Waals surface area contributed by atoms with Gasteiger partial charge < -0.3 is 15.0 Å². The first-order chi connectivity index (χ1) is 11.9. The number of hydrogen-bond donors (Lipinski definition) is 1. The van der Waals surface area contributed by atoms with E-state index in [4.69, 9.17) is 4.74 Å². The molecule has 0 aliphatic carbocycles. The van der Waals surface area contributed by atoms with Crippen molar-refractivity contribution in [3.8, 4) is 0 Å². The van der Waals surface area contributed by atoms with E-state index >= 15 is 0 Å². The summed E-state index contributed by atoms with van der Waals surface area (Å²) in [6.45, 7) is 5.47. The van der Waals surface area contributed by atoms with Gasteiger partial charge in [0, 0.05) is 25.1 Å². The molecule has 7 nitrogen and oxygen atoms in total. The first-order valence-corrected chi connectivity index (χ1v) is 7.88. The molecule has 0 bridgehead atoms. The summed E-state index contributed by atoms with van der Waals surface area (Å²) in [7, 11) is 1.68. The molecule has 25 heavy (non-hydrogen) atoms. The Hall–Kier alpha value is -2.96. The van der Waals surface area contributed by atoms with Crippen LogP contribution in [0.2, 0.25) is 0 Å². The smallest absolute Gasteiger partial charge is 0.326 e. The van der Waals surface area contributed by atoms with E-state index in [1.54, 1.807) is 30.4 Å². The van der Waals surface area contributed by atoms with Gasteiger partial charge in [0.15, 0.2) is 6.61 Å². The van der Waals surface area contributed by atoms with Crippen molar-refractivity contribution < 1.29 is 14.3 Å². The number of esters is 1. The van der Waals surface area contributed by atoms with E-state index in [1.807, 2.05) is 32.9 Å². The van der Waals surface area contributed by atoms with Crippen molar-refractivity contribution in [2.45, 2.75) is 20.8 Å². The molecule has 132 valence electrons. The van der Waals surface area contributed by atoms with Crippen molar-refractivity contribution >= 4 is 23.5 Å². The molecule has 1 heterocycles. The second-order valence-electron chi connectivity index (χ2n) is 5.89. The maximum Gasteiger partial charge on any atom is 0.326 e. The van der Waals surface area contributed by atoms with E-state index in [-0.39, 0.29) is 19.1 Å². The Balaban J connectivity index is 1.85. The van der Waals surface area contributed by atoms with Crippen LogP contribution in [0.25, 0.3) is 0 Å². The van der Waals surface area contributed by atoms with Crippen LogP contribution in [0.15, 0.2) is 30.6 Å². The van der Waals surface area contributed by atoms with Gasteiger partial charge in [-0.25, -0.2) is 9.97 Å². The lowest BCUT2D eigenvalue weighted by Gasteiger charge is -2.16. The number of amides is 1. The number of carbonyl (C=O) groups excluding carboxylic acids is 2. The molecule has 7 heteroatoms. The quantitative estimate of drug-likeness (QED) is 0.809. The summed E-state index contributed by atoms with van der Waals surface area (Å²) in [5.74, 6) is -0.487. The Kier molecular flexibility index (Phi) is 6.05. The number of nitrogens with zero attached hydrogens (tertiary/aromatic N) is 3. The third-order valence-corrected chi connectivity index (χ3v) is 3.57. The Morgan fingerprint density at radius 2 is 1.72 bits per heavy atom. The third-order valence-electron chi connectivity index (χ3n) is 3.57. The molecule has 0 unspecified atom stereocenters. The minimum atomic E-state index is -0.526. The van der Waals surface area contributed by atoms with Crippen LogP contribution < -0.4 is 10.2 Å². The van der Waals surface area contributed by atoms with E-state index in [0.29, 0.717) is 5.95 Å². The Bertz CT molecular complexity index is 739. The fourth-order valence-corrected chi connectivity index (χ4v) is 2.50. The zero-order chi connectivity index (χ0) is 18.4. The summed E-state index contributed by atoms with van der Waals surface area (Å²) < 4.78 is 5.02. The number of nitrogens with one attached hydrogen (secondary N) is 1. The summed E-state index contributed by atoms with van der Waals surface area (Å²) >= 11 is 0. The lowest BCUT2D eigenvalue weighted by molar-refractivity contribution is -0.145. The molecule has 0 aliphatic heterocycles. The second kappa shape index (κ2) is 8.23. The van der Waals surface area contributed by atoms with Crippen molar-refractivity contribution in [2.75, 3.05) is 30.4 Å². The summed E-state index contributed by atoms with van der Waals surface area (Å²) in [4.78, 5) is 33.5. The van der Waals surface area contributed by atoms with Crippen LogP contribution in [0.4, 0.5) is 11.6 Å². The molecule has 0 spiro atoms. The van der Waals surface area contributed by atoms with Crippen molar-refractivity contribution in [2.24, 2.45) is 0 Å². The molecule has 0 radical (unpaired) electrons. The van der Waals surface area contributed by atoms with Crippen LogP contribution in [0.1, 0.15) is 16.7 Å². The van der Waals surface area contributed by atoms with Crippen molar-refractivity contribution in [1.29, 1.82) is 0 Å². The second-order valence-corrected chi connectivity index (χ2v) is 5.89. The maximum atomic E-state index is 12.0. The minimum Gasteiger partial charge on any atom is -0.454 e. The number of aromatic nitrogens is 2. The average molecular weight is 342 g/mol. The summed E-state index contributed by atoms with van der Waals surface area (Å²) in [6, 6.07) is 5.67. The van der Waals surface area contributed by atoms with Gasteiger partial charge in [-0.2, -0.15) is 0 Å². The van der Waals surface area contributed by atoms with Crippen LogP contribution in [0.5, 0.6) is 0 Å². The topological polar surface area (TPSA) is 84.4 Å². The van der Waals surface area contributed by atoms with Gasteiger partial charge in [0.25, 0.3) is 5.91 Å². The van der Waals surface area contributed by atoms with Gasteiger partial charge in [0.2, 0.25) is 5.95 Å². The van der Waals surface area contributed by atoms with E-state index in [2.05, 4.69) is 15.3 Å². The lowest BCUT2D eigenvalue weighted by Crippen LogP contribution is -2.30. The number of likely N-dealkylation sites (N-methyl/N-ethyl adjacent to an activating group) is 1. The standard InChI is InChI=1S/C18H22N4O3/c1-12-8-13(2)17(14(3)9-12)21-15(23)11-25-16(24)10-22(4)18-19-6-5-7-20-18/h5-9H,10-11H2,1-4H3,(H,21,23). The van der Waals surface area contributed by atoms with Gasteiger partial charge in [0.05, 0.1) is 0 Å². The summed E-state index contributed by atoms with van der Waals surface area (Å²) in [5.41, 5.74) is 3.82. The minimum absolute atomic E-state index is 0.0418. The van der Waals surface area contributed by atoms with Gasteiger partial charge >= 0.3 is 5.97 Å². The number of ether oxygens (including phenoxy) is 1. The predicted octanol–water partition coefficient (Wildman–Crippen LogP) is 2.02. The molecule has 1 amide bonds. The number of aryl methyl sites for hydroxylation is 3. The molecule has 1 aromatic carbocycles. The normalized spacial score (nSPS) is 10.2. The fraction of sp³-hybridized carbons (Fsp3) is 0.333. The van der Waals surface area contributed by atoms with E-state index in [1.165, 1.54) is 0 Å². The van der Waals surface area contributed by atoms with Crippen LogP contribution in [-0.2, 0) is 14.3 Å². The maximum absolute atomic E-state index is 12.0. The average Bonchev–Trinajstić information content (AvgIpc) is 2.57. The lowest BCUT2D eigenvalue weighted by atomic mass is 10.1. The summed E-state index contributed by atoms with van der Waals surface area (Å²) in [5, 5.41) is 2.79. The van der Waals surface area contributed by atoms with Crippen molar-refractivity contribution in [3.05, 3.63) is 47.3 Å². The van der Waals surface area contributed by atoms with E-state index in [0.717, 1.165) is 22.4 Å². The molecular formula is C18H22N4O3. The Morgan fingerprint density at radius 1 is 1.12 bits per heavy atom. The number of anilines is 2. The van der Waals surface area contributed by atoms with Crippen LogP contribution in [-0.4, -0.2) is 42.0 Å². The van der Waals surface area contributed by atoms with Gasteiger partial charge in [-0.15, -0.1) is 0 Å². The van der Waals surface area contributed by atoms with Gasteiger partial charge in [-0.3, -0.25) is 9.59 Å². The van der Waals surface area contributed by atoms with E-state index in [9.17, 15) is 9.59 Å². The molecule has 2 rings (SSSR count). The highest BCUT2D eigenvalue weighted by Gasteiger charge is 2.14. The number of carbonyl (C=O) groups is 2. The van der Waals surface area contributed by atoms with Crippen LogP contribution in [0, 0.1) is 20.8 Å². The van der Waals surface area contributed by atoms with Crippen LogP contribution in [0.3, 0.4) is 0 Å². The number of benzene rings is 1. The SMILES string of the molecule is Cc1cc(C)c(NC(=O)COC(=O)CN(C)c2ncccn2)c(C)c1. The molecule has 2 aromatic rings. The largest absolute Gasteiger partial charge is 0.454 e. The zero-order valence-corrected chi connectivity index (χ0v) is 14.9. The van der Waals surface area contributed by atoms with E-state index < -0.39 is 5.97 Å². The highest BCUT2D eigenvalue weighted by molar-refractivity contribution is 5.94. The first-order valence-electron chi connectivity index (χ1n) is 7.88. The highest BCUT2D eigenvalue weighted by atomic mass is 16.5.